The Kier molecular flexibility index (Phi) is 33.8. The third-order valence-electron chi connectivity index (χ3n) is 9.69. The van der Waals surface area contributed by atoms with E-state index in [2.05, 4.69) is 54.8 Å². The molecule has 0 saturated carbocycles. The normalized spacial score (nSPS) is 17.8. The number of phosphoric ester groups is 1. The summed E-state index contributed by atoms with van der Waals surface area (Å²) in [4.78, 5) is 35.0. The summed E-state index contributed by atoms with van der Waals surface area (Å²) in [6.45, 7) is 2.29. The number of allylic oxidation sites excluding steroid dienone is 5. The summed E-state index contributed by atoms with van der Waals surface area (Å²) >= 11 is 0. The fourth-order valence-corrected chi connectivity index (χ4v) is 6.94. The van der Waals surface area contributed by atoms with Crippen LogP contribution in [0.1, 0.15) is 181 Å². The first-order valence-electron chi connectivity index (χ1n) is 22.1. The molecule has 1 saturated heterocycles. The molecule has 3 unspecified atom stereocenters. The van der Waals surface area contributed by atoms with Crippen molar-refractivity contribution < 1.29 is 52.5 Å². The lowest BCUT2D eigenvalue weighted by Crippen LogP contribution is -2.29. The van der Waals surface area contributed by atoms with Gasteiger partial charge in [-0.05, 0) is 70.6 Å². The topological polar surface area (TPSA) is 161 Å². The second-order valence-corrected chi connectivity index (χ2v) is 16.6. The Balaban J connectivity index is 2.24. The highest BCUT2D eigenvalue weighted by atomic mass is 31.2. The van der Waals surface area contributed by atoms with Crippen LogP contribution in [0.25, 0.3) is 0 Å². The number of hydrogen-bond donors (Lipinski definition) is 3. The number of unbranched alkanes of at least 4 members (excludes halogenated alkanes) is 17. The largest absolute Gasteiger partial charge is 0.472 e. The van der Waals surface area contributed by atoms with Crippen molar-refractivity contribution in [3.05, 3.63) is 36.5 Å². The zero-order valence-electron chi connectivity index (χ0n) is 35.0. The summed E-state index contributed by atoms with van der Waals surface area (Å²) in [7, 11) is -4.63. The van der Waals surface area contributed by atoms with E-state index in [9.17, 15) is 24.2 Å². The predicted molar refractivity (Wildman–Crippen MR) is 223 cm³/mol. The highest BCUT2D eigenvalue weighted by molar-refractivity contribution is 7.47. The van der Waals surface area contributed by atoms with Gasteiger partial charge in [-0.3, -0.25) is 18.6 Å². The molecule has 3 N–H and O–H groups in total. The number of aliphatic hydroxyl groups is 2. The maximum Gasteiger partial charge on any atom is 0.472 e. The van der Waals surface area contributed by atoms with Crippen molar-refractivity contribution in [2.45, 2.75) is 205 Å². The van der Waals surface area contributed by atoms with E-state index in [1.165, 1.54) is 70.6 Å². The third-order valence-corrected chi connectivity index (χ3v) is 10.6. The first kappa shape index (κ1) is 52.2. The van der Waals surface area contributed by atoms with Crippen LogP contribution in [0.3, 0.4) is 0 Å². The molecule has 1 heterocycles. The maximum atomic E-state index is 12.6. The van der Waals surface area contributed by atoms with Crippen LogP contribution in [0.2, 0.25) is 0 Å². The van der Waals surface area contributed by atoms with Crippen molar-refractivity contribution in [1.29, 1.82) is 0 Å². The Bertz CT molecular complexity index is 1090. The zero-order valence-corrected chi connectivity index (χ0v) is 35.9. The first-order valence-corrected chi connectivity index (χ1v) is 23.6. The monoisotopic (exact) mass is 815 g/mol. The van der Waals surface area contributed by atoms with E-state index in [4.69, 9.17) is 23.8 Å². The van der Waals surface area contributed by atoms with Crippen LogP contribution in [0.4, 0.5) is 0 Å². The molecule has 1 rings (SSSR count). The van der Waals surface area contributed by atoms with Gasteiger partial charge in [0.15, 0.2) is 6.10 Å². The molecule has 0 amide bonds. The smallest absolute Gasteiger partial charge is 0.462 e. The van der Waals surface area contributed by atoms with Gasteiger partial charge in [-0.1, -0.05) is 134 Å². The molecule has 1 aliphatic rings. The Labute approximate surface area is 339 Å². The number of carbonyl (C=O) groups excluding carboxylic acids is 2. The Morgan fingerprint density at radius 2 is 1.16 bits per heavy atom. The average Bonchev–Trinajstić information content (AvgIpc) is 3.94. The van der Waals surface area contributed by atoms with Gasteiger partial charge in [0.2, 0.25) is 0 Å². The minimum absolute atomic E-state index is 0.161. The quantitative estimate of drug-likeness (QED) is 0.0177. The SMILES string of the molecule is CCCCC/C=C\C/C=C\CCCCCCCCCC(=O)OC[C@H](COP(=O)(O)OC[C@@H](O)CO)OC(=O)CCCCCCC/C=C\CC1OC1CCCCC. The Morgan fingerprint density at radius 3 is 1.77 bits per heavy atom. The fourth-order valence-electron chi connectivity index (χ4n) is 6.15. The zero-order chi connectivity index (χ0) is 41.0. The van der Waals surface area contributed by atoms with Gasteiger partial charge in [0, 0.05) is 12.8 Å². The number of esters is 2. The number of carbonyl (C=O) groups is 2. The van der Waals surface area contributed by atoms with Crippen molar-refractivity contribution >= 4 is 19.8 Å². The molecule has 0 aliphatic carbocycles. The van der Waals surface area contributed by atoms with E-state index >= 15 is 0 Å². The van der Waals surface area contributed by atoms with E-state index in [0.717, 1.165) is 70.6 Å². The number of epoxide rings is 1. The lowest BCUT2D eigenvalue weighted by molar-refractivity contribution is -0.161. The third kappa shape index (κ3) is 33.2. The molecule has 0 spiro atoms. The summed E-state index contributed by atoms with van der Waals surface area (Å²) < 4.78 is 38.5. The molecule has 1 aliphatic heterocycles. The highest BCUT2D eigenvalue weighted by Gasteiger charge is 2.36. The Hall–Kier alpha value is -1.85. The van der Waals surface area contributed by atoms with E-state index in [1.807, 2.05) is 0 Å². The number of ether oxygens (including phenoxy) is 3. The minimum Gasteiger partial charge on any atom is -0.462 e. The lowest BCUT2D eigenvalue weighted by Gasteiger charge is -2.20. The number of hydrogen-bond acceptors (Lipinski definition) is 10. The summed E-state index contributed by atoms with van der Waals surface area (Å²) in [5.41, 5.74) is 0. The number of rotatable bonds is 40. The second kappa shape index (κ2) is 36.2. The molecule has 0 aromatic carbocycles. The summed E-state index contributed by atoms with van der Waals surface area (Å²) in [5.74, 6) is -0.955. The van der Waals surface area contributed by atoms with Gasteiger partial charge in [-0.15, -0.1) is 0 Å². The van der Waals surface area contributed by atoms with E-state index in [1.54, 1.807) is 0 Å². The standard InChI is InChI=1S/C44H79O11P/c1-3-5-7-8-9-10-11-12-13-14-15-16-17-18-22-25-29-33-43(47)51-37-40(38-53-56(49,50)52-36-39(46)35-45)54-44(48)34-30-26-23-20-19-21-24-28-32-42-41(55-42)31-27-6-4-2/h9-10,12-13,24,28,39-42,45-46H,3-8,11,14-23,25-27,29-38H2,1-2H3,(H,49,50)/b10-9-,13-12-,28-24-/t39-,40+,41?,42?/m0/s1. The molecule has 12 heteroatoms. The van der Waals surface area contributed by atoms with Gasteiger partial charge < -0.3 is 29.3 Å². The summed E-state index contributed by atoms with van der Waals surface area (Å²) in [6.07, 6.45) is 38.4. The van der Waals surface area contributed by atoms with Crippen LogP contribution < -0.4 is 0 Å². The van der Waals surface area contributed by atoms with Crippen LogP contribution in [0.5, 0.6) is 0 Å². The molecule has 0 bridgehead atoms. The van der Waals surface area contributed by atoms with Gasteiger partial charge >= 0.3 is 19.8 Å². The van der Waals surface area contributed by atoms with Gasteiger partial charge in [-0.25, -0.2) is 4.57 Å². The van der Waals surface area contributed by atoms with Crippen LogP contribution in [0.15, 0.2) is 36.5 Å². The minimum atomic E-state index is -4.63. The molecule has 0 aromatic rings. The molecule has 1 fully saturated rings. The predicted octanol–water partition coefficient (Wildman–Crippen LogP) is 10.5. The van der Waals surface area contributed by atoms with Crippen molar-refractivity contribution in [3.63, 3.8) is 0 Å². The van der Waals surface area contributed by atoms with Crippen molar-refractivity contribution in [2.75, 3.05) is 26.4 Å². The molecule has 0 aromatic heterocycles. The molecule has 11 nitrogen and oxygen atoms in total. The number of phosphoric acid groups is 1. The molecule has 326 valence electrons. The van der Waals surface area contributed by atoms with Gasteiger partial charge in [0.05, 0.1) is 32.0 Å². The van der Waals surface area contributed by atoms with Crippen molar-refractivity contribution in [1.82, 2.24) is 0 Å². The van der Waals surface area contributed by atoms with Crippen molar-refractivity contribution in [2.24, 2.45) is 0 Å². The Morgan fingerprint density at radius 1 is 0.643 bits per heavy atom. The van der Waals surface area contributed by atoms with Crippen LogP contribution in [-0.4, -0.2) is 77.9 Å². The number of aliphatic hydroxyl groups excluding tert-OH is 2. The molecule has 5 atom stereocenters. The van der Waals surface area contributed by atoms with Gasteiger partial charge in [0.1, 0.15) is 12.7 Å². The van der Waals surface area contributed by atoms with Crippen molar-refractivity contribution in [3.8, 4) is 0 Å². The van der Waals surface area contributed by atoms with Gasteiger partial charge in [0.25, 0.3) is 0 Å². The van der Waals surface area contributed by atoms with E-state index in [0.29, 0.717) is 25.0 Å². The highest BCUT2D eigenvalue weighted by Crippen LogP contribution is 2.43. The van der Waals surface area contributed by atoms with E-state index in [-0.39, 0.29) is 19.4 Å². The first-order chi connectivity index (χ1) is 27.2. The van der Waals surface area contributed by atoms with E-state index < -0.39 is 51.8 Å². The average molecular weight is 815 g/mol. The summed E-state index contributed by atoms with van der Waals surface area (Å²) in [6, 6.07) is 0. The van der Waals surface area contributed by atoms with Gasteiger partial charge in [-0.2, -0.15) is 0 Å². The molecular formula is C44H79O11P. The van der Waals surface area contributed by atoms with Crippen LogP contribution >= 0.6 is 7.82 Å². The molecule has 0 radical (unpaired) electrons. The molecule has 56 heavy (non-hydrogen) atoms. The van der Waals surface area contributed by atoms with Crippen LogP contribution in [0, 0.1) is 0 Å². The lowest BCUT2D eigenvalue weighted by atomic mass is 10.1. The summed E-state index contributed by atoms with van der Waals surface area (Å²) in [5, 5.41) is 18.3. The fraction of sp³-hybridized carbons (Fsp3) is 0.818. The molecular weight excluding hydrogens is 735 g/mol. The van der Waals surface area contributed by atoms with Crippen LogP contribution in [-0.2, 0) is 37.4 Å². The maximum absolute atomic E-state index is 12.6. The second-order valence-electron chi connectivity index (χ2n) is 15.1.